The SMILES string of the molecule is CC1CCc2c(sc3nc(CCN4CC=C(c5ccccc5)CC4)nc(N)c23)C1. The van der Waals surface area contributed by atoms with Gasteiger partial charge < -0.3 is 5.73 Å². The highest BCUT2D eigenvalue weighted by molar-refractivity contribution is 7.19. The molecule has 2 N–H and O–H groups in total. The molecule has 1 aliphatic carbocycles. The summed E-state index contributed by atoms with van der Waals surface area (Å²) in [5, 5.41) is 1.13. The van der Waals surface area contributed by atoms with Crippen LogP contribution in [0.25, 0.3) is 15.8 Å². The molecule has 0 fully saturated rings. The minimum absolute atomic E-state index is 0.682. The predicted octanol–water partition coefficient (Wildman–Crippen LogP) is 4.73. The van der Waals surface area contributed by atoms with Crippen LogP contribution in [0, 0.1) is 5.92 Å². The fourth-order valence-corrected chi connectivity index (χ4v) is 6.02. The fourth-order valence-electron chi connectivity index (χ4n) is 4.62. The number of hydrogen-bond acceptors (Lipinski definition) is 5. The van der Waals surface area contributed by atoms with Crippen molar-refractivity contribution in [3.63, 3.8) is 0 Å². The highest BCUT2D eigenvalue weighted by Crippen LogP contribution is 2.39. The molecule has 5 rings (SSSR count). The molecule has 0 bridgehead atoms. The van der Waals surface area contributed by atoms with Gasteiger partial charge in [-0.25, -0.2) is 9.97 Å². The van der Waals surface area contributed by atoms with Crippen molar-refractivity contribution in [2.45, 2.75) is 39.0 Å². The number of nitrogen functional groups attached to an aromatic ring is 1. The van der Waals surface area contributed by atoms with E-state index in [1.165, 1.54) is 28.0 Å². The van der Waals surface area contributed by atoms with E-state index in [1.807, 2.05) is 11.3 Å². The highest BCUT2D eigenvalue weighted by Gasteiger charge is 2.23. The molecule has 0 saturated heterocycles. The average Bonchev–Trinajstić information content (AvgIpc) is 3.11. The maximum absolute atomic E-state index is 6.38. The Morgan fingerprint density at radius 1 is 1.17 bits per heavy atom. The molecule has 1 unspecified atom stereocenters. The Balaban J connectivity index is 1.27. The minimum Gasteiger partial charge on any atom is -0.383 e. The van der Waals surface area contributed by atoms with Crippen LogP contribution in [-0.2, 0) is 19.3 Å². The number of hydrogen-bond donors (Lipinski definition) is 1. The zero-order chi connectivity index (χ0) is 19.8. The summed E-state index contributed by atoms with van der Waals surface area (Å²) in [5.41, 5.74) is 10.6. The molecule has 4 nitrogen and oxygen atoms in total. The number of anilines is 1. The first kappa shape index (κ1) is 18.8. The van der Waals surface area contributed by atoms with E-state index >= 15 is 0 Å². The van der Waals surface area contributed by atoms with E-state index in [-0.39, 0.29) is 0 Å². The van der Waals surface area contributed by atoms with E-state index in [1.54, 1.807) is 0 Å². The molecule has 2 aromatic heterocycles. The van der Waals surface area contributed by atoms with Gasteiger partial charge in [-0.1, -0.05) is 43.3 Å². The first-order valence-electron chi connectivity index (χ1n) is 10.7. The lowest BCUT2D eigenvalue weighted by atomic mass is 9.89. The van der Waals surface area contributed by atoms with E-state index in [2.05, 4.69) is 53.2 Å². The molecule has 1 atom stereocenters. The van der Waals surface area contributed by atoms with Crippen LogP contribution in [0.3, 0.4) is 0 Å². The van der Waals surface area contributed by atoms with Gasteiger partial charge in [-0.2, -0.15) is 0 Å². The van der Waals surface area contributed by atoms with Crippen molar-refractivity contribution < 1.29 is 0 Å². The molecule has 1 aliphatic heterocycles. The average molecular weight is 405 g/mol. The summed E-state index contributed by atoms with van der Waals surface area (Å²) in [6.07, 6.45) is 7.84. The van der Waals surface area contributed by atoms with E-state index < -0.39 is 0 Å². The van der Waals surface area contributed by atoms with Crippen LogP contribution in [-0.4, -0.2) is 34.5 Å². The third kappa shape index (κ3) is 3.81. The number of rotatable bonds is 4. The predicted molar refractivity (Wildman–Crippen MR) is 122 cm³/mol. The van der Waals surface area contributed by atoms with Crippen molar-refractivity contribution in [3.8, 4) is 0 Å². The Kier molecular flexibility index (Phi) is 5.10. The number of nitrogens with two attached hydrogens (primary N) is 1. The number of aryl methyl sites for hydroxylation is 1. The first-order chi connectivity index (χ1) is 14.2. The Morgan fingerprint density at radius 3 is 2.83 bits per heavy atom. The topological polar surface area (TPSA) is 55.0 Å². The largest absolute Gasteiger partial charge is 0.383 e. The monoisotopic (exact) mass is 404 g/mol. The van der Waals surface area contributed by atoms with Crippen LogP contribution in [0.2, 0.25) is 0 Å². The van der Waals surface area contributed by atoms with Gasteiger partial charge in [0, 0.05) is 30.9 Å². The molecule has 29 heavy (non-hydrogen) atoms. The van der Waals surface area contributed by atoms with Gasteiger partial charge in [0.2, 0.25) is 0 Å². The van der Waals surface area contributed by atoms with E-state index in [0.29, 0.717) is 5.82 Å². The second-order valence-corrected chi connectivity index (χ2v) is 9.54. The van der Waals surface area contributed by atoms with Gasteiger partial charge in [0.15, 0.2) is 0 Å². The smallest absolute Gasteiger partial charge is 0.136 e. The molecule has 150 valence electrons. The van der Waals surface area contributed by atoms with E-state index in [4.69, 9.17) is 10.7 Å². The maximum atomic E-state index is 6.38. The Bertz CT molecular complexity index is 1050. The number of fused-ring (bicyclic) bond motifs is 3. The molecule has 3 aromatic rings. The van der Waals surface area contributed by atoms with Gasteiger partial charge in [0.25, 0.3) is 0 Å². The fraction of sp³-hybridized carbons (Fsp3) is 0.417. The number of aromatic nitrogens is 2. The summed E-state index contributed by atoms with van der Waals surface area (Å²) >= 11 is 1.84. The normalized spacial score (nSPS) is 19.9. The van der Waals surface area contributed by atoms with Crippen LogP contribution in [0.4, 0.5) is 5.82 Å². The summed E-state index contributed by atoms with van der Waals surface area (Å²) in [6.45, 7) is 5.40. The molecule has 0 amide bonds. The standard InChI is InChI=1S/C24H28N4S/c1-16-7-8-19-20(15-16)29-24-22(19)23(25)26-21(27-24)11-14-28-12-9-18(10-13-28)17-5-3-2-4-6-17/h2-6,9,16H,7-8,10-15H2,1H3,(H2,25,26,27). The van der Waals surface area contributed by atoms with Crippen molar-refractivity contribution in [2.24, 2.45) is 5.92 Å². The van der Waals surface area contributed by atoms with E-state index in [9.17, 15) is 0 Å². The van der Waals surface area contributed by atoms with Gasteiger partial charge in [-0.05, 0) is 48.3 Å². The highest BCUT2D eigenvalue weighted by atomic mass is 32.1. The molecule has 0 saturated carbocycles. The van der Waals surface area contributed by atoms with Crippen LogP contribution < -0.4 is 5.73 Å². The lowest BCUT2D eigenvalue weighted by molar-refractivity contribution is 0.304. The lowest BCUT2D eigenvalue weighted by Gasteiger charge is -2.26. The summed E-state index contributed by atoms with van der Waals surface area (Å²) in [7, 11) is 0. The van der Waals surface area contributed by atoms with Gasteiger partial charge >= 0.3 is 0 Å². The summed E-state index contributed by atoms with van der Waals surface area (Å²) in [6, 6.07) is 10.7. The van der Waals surface area contributed by atoms with Crippen molar-refractivity contribution >= 4 is 32.9 Å². The maximum Gasteiger partial charge on any atom is 0.136 e. The molecule has 5 heteroatoms. The molecule has 0 radical (unpaired) electrons. The van der Waals surface area contributed by atoms with Crippen molar-refractivity contribution in [3.05, 3.63) is 58.2 Å². The van der Waals surface area contributed by atoms with Gasteiger partial charge in [-0.15, -0.1) is 11.3 Å². The Labute approximate surface area is 176 Å². The van der Waals surface area contributed by atoms with Gasteiger partial charge in [0.1, 0.15) is 16.5 Å². The lowest BCUT2D eigenvalue weighted by Crippen LogP contribution is -2.30. The second-order valence-electron chi connectivity index (χ2n) is 8.45. The first-order valence-corrected chi connectivity index (χ1v) is 11.5. The quantitative estimate of drug-likeness (QED) is 0.683. The Hall–Kier alpha value is -2.24. The third-order valence-corrected chi connectivity index (χ3v) is 7.47. The number of thiophene rings is 1. The summed E-state index contributed by atoms with van der Waals surface area (Å²) in [4.78, 5) is 14.6. The third-order valence-electron chi connectivity index (χ3n) is 6.32. The molecule has 2 aliphatic rings. The van der Waals surface area contributed by atoms with Crippen molar-refractivity contribution in [2.75, 3.05) is 25.4 Å². The van der Waals surface area contributed by atoms with Crippen LogP contribution in [0.5, 0.6) is 0 Å². The van der Waals surface area contributed by atoms with Crippen LogP contribution >= 0.6 is 11.3 Å². The van der Waals surface area contributed by atoms with E-state index in [0.717, 1.165) is 67.3 Å². The minimum atomic E-state index is 0.682. The molecule has 1 aromatic carbocycles. The zero-order valence-corrected chi connectivity index (χ0v) is 17.8. The van der Waals surface area contributed by atoms with Crippen LogP contribution in [0.15, 0.2) is 36.4 Å². The van der Waals surface area contributed by atoms with Crippen molar-refractivity contribution in [1.82, 2.24) is 14.9 Å². The summed E-state index contributed by atoms with van der Waals surface area (Å²) < 4.78 is 0. The van der Waals surface area contributed by atoms with Gasteiger partial charge in [-0.3, -0.25) is 4.90 Å². The molecular formula is C24H28N4S. The van der Waals surface area contributed by atoms with Gasteiger partial charge in [0.05, 0.1) is 5.39 Å². The molecule has 3 heterocycles. The zero-order valence-electron chi connectivity index (χ0n) is 17.0. The Morgan fingerprint density at radius 2 is 2.03 bits per heavy atom. The van der Waals surface area contributed by atoms with Crippen molar-refractivity contribution in [1.29, 1.82) is 0 Å². The summed E-state index contributed by atoms with van der Waals surface area (Å²) in [5.74, 6) is 2.33. The molecule has 0 spiro atoms. The molecular weight excluding hydrogens is 376 g/mol. The number of nitrogens with zero attached hydrogens (tertiary/aromatic N) is 3. The van der Waals surface area contributed by atoms with Crippen LogP contribution in [0.1, 0.15) is 41.6 Å². The second kappa shape index (κ2) is 7.88. The number of benzene rings is 1.